The van der Waals surface area contributed by atoms with Gasteiger partial charge in [0.05, 0.1) is 29.8 Å². The summed E-state index contributed by atoms with van der Waals surface area (Å²) in [6, 6.07) is 3.60. The van der Waals surface area contributed by atoms with Gasteiger partial charge in [0.25, 0.3) is 5.56 Å². The largest absolute Gasteiger partial charge is 0.388 e. The van der Waals surface area contributed by atoms with Crippen LogP contribution in [0.15, 0.2) is 21.7 Å². The van der Waals surface area contributed by atoms with Gasteiger partial charge in [-0.05, 0) is 57.9 Å². The second kappa shape index (κ2) is 8.46. The summed E-state index contributed by atoms with van der Waals surface area (Å²) in [5.74, 6) is -0.0174. The molecule has 0 fully saturated rings. The number of aliphatic hydroxyl groups is 3. The van der Waals surface area contributed by atoms with Crippen LogP contribution >= 0.6 is 0 Å². The molecule has 3 rings (SSSR count). The highest BCUT2D eigenvalue weighted by Gasteiger charge is 2.29. The lowest BCUT2D eigenvalue weighted by atomic mass is 10.1. The Labute approximate surface area is 178 Å². The molecule has 0 amide bonds. The van der Waals surface area contributed by atoms with E-state index in [0.717, 1.165) is 11.1 Å². The van der Waals surface area contributed by atoms with Crippen LogP contribution in [-0.4, -0.2) is 65.4 Å². The Bertz CT molecular complexity index is 1180. The van der Waals surface area contributed by atoms with Gasteiger partial charge in [-0.1, -0.05) is 0 Å². The van der Waals surface area contributed by atoms with Gasteiger partial charge in [0.1, 0.15) is 18.3 Å². The first-order valence-corrected chi connectivity index (χ1v) is 9.97. The monoisotopic (exact) mass is 432 g/mol. The van der Waals surface area contributed by atoms with E-state index < -0.39 is 35.2 Å². The molecule has 4 N–H and O–H groups in total. The molecule has 2 aliphatic rings. The van der Waals surface area contributed by atoms with E-state index in [4.69, 9.17) is 4.74 Å². The standard InChI is InChI=1S/C21H28N4O6/c1-10-6-12-13(7-11(10)2)25(18-16(22-12)19(29)24-20(30)23-18)8-14(26)17(28)15(27)9-31-21(3,4)5/h6-7,14-15,17,26-28H,8-9H2,1-5H3,(H,24,29,30). The SMILES string of the molecule is Cc1cc2nc3c(=O)[nH]c(=O)nc-3n(CC(O)C(O)C(O)COC(C)(C)C)c2cc1C. The Balaban J connectivity index is 2.06. The molecular weight excluding hydrogens is 404 g/mol. The van der Waals surface area contributed by atoms with Crippen molar-refractivity contribution < 1.29 is 20.1 Å². The van der Waals surface area contributed by atoms with Crippen molar-refractivity contribution >= 4 is 11.0 Å². The summed E-state index contributed by atoms with van der Waals surface area (Å²) >= 11 is 0. The van der Waals surface area contributed by atoms with Crippen molar-refractivity contribution in [1.82, 2.24) is 19.5 Å². The molecule has 0 saturated heterocycles. The lowest BCUT2D eigenvalue weighted by Crippen LogP contribution is -2.44. The van der Waals surface area contributed by atoms with Gasteiger partial charge >= 0.3 is 5.69 Å². The zero-order chi connectivity index (χ0) is 23.1. The zero-order valence-corrected chi connectivity index (χ0v) is 18.2. The second-order valence-corrected chi connectivity index (χ2v) is 8.74. The molecule has 2 aliphatic heterocycles. The van der Waals surface area contributed by atoms with Crippen molar-refractivity contribution in [2.75, 3.05) is 6.61 Å². The van der Waals surface area contributed by atoms with Crippen molar-refractivity contribution in [2.45, 2.75) is 65.1 Å². The fourth-order valence-electron chi connectivity index (χ4n) is 3.22. The van der Waals surface area contributed by atoms with Crippen LogP contribution in [0.4, 0.5) is 0 Å². The van der Waals surface area contributed by atoms with E-state index in [1.54, 1.807) is 6.07 Å². The summed E-state index contributed by atoms with van der Waals surface area (Å²) in [6.45, 7) is 8.81. The predicted molar refractivity (Wildman–Crippen MR) is 114 cm³/mol. The maximum absolute atomic E-state index is 12.3. The second-order valence-electron chi connectivity index (χ2n) is 8.74. The van der Waals surface area contributed by atoms with Crippen molar-refractivity contribution in [3.05, 3.63) is 44.1 Å². The Morgan fingerprint density at radius 3 is 2.35 bits per heavy atom. The van der Waals surface area contributed by atoms with Gasteiger partial charge in [0, 0.05) is 0 Å². The van der Waals surface area contributed by atoms with Crippen LogP contribution in [-0.2, 0) is 11.3 Å². The van der Waals surface area contributed by atoms with Gasteiger partial charge < -0.3 is 24.6 Å². The maximum Gasteiger partial charge on any atom is 0.349 e. The Morgan fingerprint density at radius 2 is 1.71 bits per heavy atom. The number of nitrogens with zero attached hydrogens (tertiary/aromatic N) is 3. The number of hydrogen-bond acceptors (Lipinski definition) is 8. The van der Waals surface area contributed by atoms with Crippen LogP contribution in [0.2, 0.25) is 0 Å². The first-order chi connectivity index (χ1) is 14.4. The summed E-state index contributed by atoms with van der Waals surface area (Å²) < 4.78 is 6.94. The molecule has 10 heteroatoms. The average Bonchev–Trinajstić information content (AvgIpc) is 2.67. The molecule has 10 nitrogen and oxygen atoms in total. The van der Waals surface area contributed by atoms with E-state index in [9.17, 15) is 24.9 Å². The number of rotatable bonds is 6. The summed E-state index contributed by atoms with van der Waals surface area (Å²) in [7, 11) is 0. The fourth-order valence-corrected chi connectivity index (χ4v) is 3.22. The number of ether oxygens (including phenoxy) is 1. The molecule has 3 atom stereocenters. The molecule has 0 saturated carbocycles. The van der Waals surface area contributed by atoms with Gasteiger partial charge in [-0.25, -0.2) is 9.78 Å². The lowest BCUT2D eigenvalue weighted by molar-refractivity contribution is -0.116. The smallest absolute Gasteiger partial charge is 0.349 e. The molecule has 1 aromatic rings. The highest BCUT2D eigenvalue weighted by molar-refractivity contribution is 5.81. The molecule has 2 heterocycles. The van der Waals surface area contributed by atoms with E-state index in [0.29, 0.717) is 11.0 Å². The molecule has 168 valence electrons. The highest BCUT2D eigenvalue weighted by Crippen LogP contribution is 2.24. The van der Waals surface area contributed by atoms with Gasteiger partial charge in [0.2, 0.25) is 0 Å². The number of nitrogens with one attached hydrogen (secondary N) is 1. The Kier molecular flexibility index (Phi) is 6.28. The van der Waals surface area contributed by atoms with Crippen molar-refractivity contribution in [2.24, 2.45) is 0 Å². The number of fused-ring (bicyclic) bond motifs is 2. The number of aryl methyl sites for hydroxylation is 2. The van der Waals surface area contributed by atoms with E-state index in [-0.39, 0.29) is 24.7 Å². The zero-order valence-electron chi connectivity index (χ0n) is 18.2. The first-order valence-electron chi connectivity index (χ1n) is 9.97. The van der Waals surface area contributed by atoms with Crippen LogP contribution < -0.4 is 11.2 Å². The van der Waals surface area contributed by atoms with Crippen LogP contribution in [0.1, 0.15) is 31.9 Å². The van der Waals surface area contributed by atoms with Crippen molar-refractivity contribution in [1.29, 1.82) is 0 Å². The first kappa shape index (κ1) is 23.0. The number of benzene rings is 1. The van der Waals surface area contributed by atoms with Gasteiger partial charge in [-0.2, -0.15) is 4.98 Å². The van der Waals surface area contributed by atoms with Crippen LogP contribution in [0.5, 0.6) is 0 Å². The summed E-state index contributed by atoms with van der Waals surface area (Å²) in [5.41, 5.74) is 0.757. The molecule has 3 unspecified atom stereocenters. The van der Waals surface area contributed by atoms with E-state index >= 15 is 0 Å². The molecule has 0 aliphatic carbocycles. The van der Waals surface area contributed by atoms with Crippen molar-refractivity contribution in [3.8, 4) is 11.5 Å². The third kappa shape index (κ3) is 4.99. The van der Waals surface area contributed by atoms with E-state index in [2.05, 4.69) is 15.0 Å². The van der Waals surface area contributed by atoms with Crippen LogP contribution in [0, 0.1) is 13.8 Å². The molecule has 0 bridgehead atoms. The fraction of sp³-hybridized carbons (Fsp3) is 0.524. The third-order valence-electron chi connectivity index (χ3n) is 5.07. The Hall–Kier alpha value is -2.66. The summed E-state index contributed by atoms with van der Waals surface area (Å²) in [5, 5.41) is 31.3. The normalized spacial score (nSPS) is 15.4. The average molecular weight is 432 g/mol. The predicted octanol–water partition coefficient (Wildman–Crippen LogP) is 0.0992. The van der Waals surface area contributed by atoms with E-state index in [1.807, 2.05) is 40.7 Å². The minimum absolute atomic E-state index is 0.0174. The molecule has 0 spiro atoms. The van der Waals surface area contributed by atoms with Crippen LogP contribution in [0.3, 0.4) is 0 Å². The molecule has 1 aromatic carbocycles. The van der Waals surface area contributed by atoms with Gasteiger partial charge in [-0.3, -0.25) is 9.78 Å². The van der Waals surface area contributed by atoms with Gasteiger partial charge in [0.15, 0.2) is 11.5 Å². The molecular formula is C21H28N4O6. The lowest BCUT2D eigenvalue weighted by Gasteiger charge is -2.28. The topological polar surface area (TPSA) is 151 Å². The molecule has 0 aromatic heterocycles. The quantitative estimate of drug-likeness (QED) is 0.401. The minimum atomic E-state index is -1.53. The third-order valence-corrected chi connectivity index (χ3v) is 5.07. The van der Waals surface area contributed by atoms with Gasteiger partial charge in [-0.15, -0.1) is 0 Å². The summed E-state index contributed by atoms with van der Waals surface area (Å²) in [6.07, 6.45) is -4.31. The number of H-pyrrole nitrogens is 1. The van der Waals surface area contributed by atoms with Crippen molar-refractivity contribution in [3.63, 3.8) is 0 Å². The number of aromatic nitrogens is 4. The maximum atomic E-state index is 12.3. The minimum Gasteiger partial charge on any atom is -0.388 e. The number of aliphatic hydroxyl groups excluding tert-OH is 3. The van der Waals surface area contributed by atoms with Crippen LogP contribution in [0.25, 0.3) is 22.6 Å². The summed E-state index contributed by atoms with van der Waals surface area (Å²) in [4.78, 5) is 34.5. The van der Waals surface area contributed by atoms with E-state index in [1.165, 1.54) is 4.57 Å². The number of aromatic amines is 1. The molecule has 0 radical (unpaired) electrons. The Morgan fingerprint density at radius 1 is 1.06 bits per heavy atom. The number of hydrogen-bond donors (Lipinski definition) is 4. The highest BCUT2D eigenvalue weighted by atomic mass is 16.5. The molecule has 31 heavy (non-hydrogen) atoms.